The van der Waals surface area contributed by atoms with Crippen LogP contribution in [0, 0.1) is 13.8 Å². The van der Waals surface area contributed by atoms with Gasteiger partial charge in [-0.15, -0.1) is 0 Å². The molecule has 0 amide bonds. The summed E-state index contributed by atoms with van der Waals surface area (Å²) >= 11 is 0. The molecule has 2 aromatic carbocycles. The summed E-state index contributed by atoms with van der Waals surface area (Å²) in [6.45, 7) is 6.33. The first-order chi connectivity index (χ1) is 12.9. The molecule has 1 heterocycles. The second-order valence-corrected chi connectivity index (χ2v) is 8.87. The maximum atomic E-state index is 12.6. The van der Waals surface area contributed by atoms with Gasteiger partial charge in [-0.1, -0.05) is 12.1 Å². The van der Waals surface area contributed by atoms with Crippen LogP contribution >= 0.6 is 0 Å². The van der Waals surface area contributed by atoms with Crippen LogP contribution in [0.15, 0.2) is 41.3 Å². The highest BCUT2D eigenvalue weighted by molar-refractivity contribution is 7.89. The summed E-state index contributed by atoms with van der Waals surface area (Å²) in [4.78, 5) is 2.67. The molecular formula is C21H28N2O3S. The van der Waals surface area contributed by atoms with Gasteiger partial charge in [0.2, 0.25) is 10.0 Å². The maximum Gasteiger partial charge on any atom is 0.240 e. The van der Waals surface area contributed by atoms with Gasteiger partial charge in [-0.25, -0.2) is 13.1 Å². The molecule has 146 valence electrons. The number of sulfonamides is 1. The van der Waals surface area contributed by atoms with E-state index in [9.17, 15) is 8.42 Å². The van der Waals surface area contributed by atoms with Gasteiger partial charge in [-0.05, 0) is 74.1 Å². The number of hydrogen-bond acceptors (Lipinski definition) is 4. The lowest BCUT2D eigenvalue weighted by molar-refractivity contribution is 0.408. The number of benzene rings is 2. The number of ether oxygens (including phenoxy) is 1. The highest BCUT2D eigenvalue weighted by atomic mass is 32.2. The van der Waals surface area contributed by atoms with Gasteiger partial charge < -0.3 is 9.64 Å². The Morgan fingerprint density at radius 3 is 2.19 bits per heavy atom. The van der Waals surface area contributed by atoms with Gasteiger partial charge in [-0.3, -0.25) is 0 Å². The van der Waals surface area contributed by atoms with Crippen molar-refractivity contribution in [1.82, 2.24) is 4.72 Å². The van der Waals surface area contributed by atoms with Gasteiger partial charge in [0, 0.05) is 25.3 Å². The summed E-state index contributed by atoms with van der Waals surface area (Å²) in [6.07, 6.45) is 3.18. The van der Waals surface area contributed by atoms with E-state index in [2.05, 4.69) is 33.9 Å². The van der Waals surface area contributed by atoms with E-state index < -0.39 is 10.0 Å². The predicted octanol–water partition coefficient (Wildman–Crippen LogP) is 3.43. The lowest BCUT2D eigenvalue weighted by Gasteiger charge is -2.17. The van der Waals surface area contributed by atoms with Crippen molar-refractivity contribution in [3.8, 4) is 5.75 Å². The minimum Gasteiger partial charge on any atom is -0.496 e. The Hall–Kier alpha value is -2.05. The average molecular weight is 389 g/mol. The molecule has 0 spiro atoms. The summed E-state index contributed by atoms with van der Waals surface area (Å²) in [6, 6.07) is 11.7. The fourth-order valence-corrected chi connectivity index (χ4v) is 4.85. The highest BCUT2D eigenvalue weighted by Gasteiger charge is 2.17. The van der Waals surface area contributed by atoms with Crippen molar-refractivity contribution >= 4 is 15.7 Å². The maximum absolute atomic E-state index is 12.6. The zero-order valence-electron chi connectivity index (χ0n) is 16.3. The van der Waals surface area contributed by atoms with E-state index in [1.165, 1.54) is 18.5 Å². The standard InChI is InChI=1S/C21H28N2O3S/c1-16-14-20(15-17(2)21(16)26-3)27(24,25)22-11-10-18-6-8-19(9-7-18)23-12-4-5-13-23/h6-9,14-15,22H,4-5,10-13H2,1-3H3. The Morgan fingerprint density at radius 2 is 1.63 bits per heavy atom. The molecule has 1 N–H and O–H groups in total. The van der Waals surface area contributed by atoms with Crippen LogP contribution in [-0.2, 0) is 16.4 Å². The van der Waals surface area contributed by atoms with Crippen LogP contribution in [0.3, 0.4) is 0 Å². The number of nitrogens with zero attached hydrogens (tertiary/aromatic N) is 1. The monoisotopic (exact) mass is 388 g/mol. The van der Waals surface area contributed by atoms with Crippen LogP contribution in [0.2, 0.25) is 0 Å². The second kappa shape index (κ2) is 8.31. The number of anilines is 1. The van der Waals surface area contributed by atoms with Crippen LogP contribution in [0.25, 0.3) is 0 Å². The molecule has 1 fully saturated rings. The van der Waals surface area contributed by atoms with Crippen LogP contribution in [0.5, 0.6) is 5.75 Å². The van der Waals surface area contributed by atoms with Gasteiger partial charge in [0.05, 0.1) is 12.0 Å². The van der Waals surface area contributed by atoms with Gasteiger partial charge >= 0.3 is 0 Å². The molecule has 1 aliphatic rings. The molecule has 27 heavy (non-hydrogen) atoms. The Bertz CT molecular complexity index is 863. The van der Waals surface area contributed by atoms with Crippen molar-refractivity contribution in [2.75, 3.05) is 31.6 Å². The van der Waals surface area contributed by atoms with Crippen LogP contribution < -0.4 is 14.4 Å². The molecule has 6 heteroatoms. The molecule has 0 radical (unpaired) electrons. The topological polar surface area (TPSA) is 58.6 Å². The smallest absolute Gasteiger partial charge is 0.240 e. The highest BCUT2D eigenvalue weighted by Crippen LogP contribution is 2.26. The molecule has 0 atom stereocenters. The molecule has 0 aromatic heterocycles. The Labute approximate surface area is 162 Å². The molecule has 0 aliphatic carbocycles. The molecule has 3 rings (SSSR count). The summed E-state index contributed by atoms with van der Waals surface area (Å²) in [5, 5.41) is 0. The molecule has 5 nitrogen and oxygen atoms in total. The van der Waals surface area contributed by atoms with E-state index in [0.717, 1.165) is 35.5 Å². The van der Waals surface area contributed by atoms with E-state index in [4.69, 9.17) is 4.74 Å². The van der Waals surface area contributed by atoms with Crippen molar-refractivity contribution < 1.29 is 13.2 Å². The second-order valence-electron chi connectivity index (χ2n) is 7.10. The number of nitrogens with one attached hydrogen (secondary N) is 1. The van der Waals surface area contributed by atoms with Gasteiger partial charge in [0.15, 0.2) is 0 Å². The zero-order valence-corrected chi connectivity index (χ0v) is 17.1. The quantitative estimate of drug-likeness (QED) is 0.789. The van der Waals surface area contributed by atoms with Crippen LogP contribution in [0.1, 0.15) is 29.5 Å². The third-order valence-electron chi connectivity index (χ3n) is 5.06. The summed E-state index contributed by atoms with van der Waals surface area (Å²) in [5.74, 6) is 0.729. The number of aryl methyl sites for hydroxylation is 2. The van der Waals surface area contributed by atoms with Crippen molar-refractivity contribution in [1.29, 1.82) is 0 Å². The largest absolute Gasteiger partial charge is 0.496 e. The Morgan fingerprint density at radius 1 is 1.04 bits per heavy atom. The minimum absolute atomic E-state index is 0.280. The first kappa shape index (κ1) is 19.7. The normalized spacial score (nSPS) is 14.6. The van der Waals surface area contributed by atoms with E-state index >= 15 is 0 Å². The van der Waals surface area contributed by atoms with Crippen LogP contribution in [0.4, 0.5) is 5.69 Å². The van der Waals surface area contributed by atoms with E-state index in [1.54, 1.807) is 19.2 Å². The lowest BCUT2D eigenvalue weighted by atomic mass is 10.1. The van der Waals surface area contributed by atoms with Crippen molar-refractivity contribution in [2.45, 2.75) is 38.0 Å². The molecule has 0 unspecified atom stereocenters. The molecule has 2 aromatic rings. The van der Waals surface area contributed by atoms with Crippen molar-refractivity contribution in [2.24, 2.45) is 0 Å². The third-order valence-corrected chi connectivity index (χ3v) is 6.50. The molecule has 0 bridgehead atoms. The van der Waals surface area contributed by atoms with E-state index in [0.29, 0.717) is 13.0 Å². The number of methoxy groups -OCH3 is 1. The van der Waals surface area contributed by atoms with Crippen molar-refractivity contribution in [3.63, 3.8) is 0 Å². The Balaban J connectivity index is 1.61. The summed E-state index contributed by atoms with van der Waals surface area (Å²) in [7, 11) is -1.94. The first-order valence-corrected chi connectivity index (χ1v) is 10.9. The van der Waals surface area contributed by atoms with E-state index in [-0.39, 0.29) is 4.90 Å². The third kappa shape index (κ3) is 4.62. The minimum atomic E-state index is -3.54. The number of rotatable bonds is 7. The van der Waals surface area contributed by atoms with Gasteiger partial charge in [0.25, 0.3) is 0 Å². The molecule has 1 aliphatic heterocycles. The fourth-order valence-electron chi connectivity index (χ4n) is 3.65. The number of hydrogen-bond donors (Lipinski definition) is 1. The Kier molecular flexibility index (Phi) is 6.07. The average Bonchev–Trinajstić information content (AvgIpc) is 3.16. The van der Waals surface area contributed by atoms with Gasteiger partial charge in [-0.2, -0.15) is 0 Å². The fraction of sp³-hybridized carbons (Fsp3) is 0.429. The summed E-state index contributed by atoms with van der Waals surface area (Å²) < 4.78 is 33.2. The summed E-state index contributed by atoms with van der Waals surface area (Å²) in [5.41, 5.74) is 4.01. The van der Waals surface area contributed by atoms with Crippen molar-refractivity contribution in [3.05, 3.63) is 53.1 Å². The SMILES string of the molecule is COc1c(C)cc(S(=O)(=O)NCCc2ccc(N3CCCC3)cc2)cc1C. The van der Waals surface area contributed by atoms with Crippen LogP contribution in [-0.4, -0.2) is 35.2 Å². The first-order valence-electron chi connectivity index (χ1n) is 9.39. The predicted molar refractivity (Wildman–Crippen MR) is 109 cm³/mol. The zero-order chi connectivity index (χ0) is 19.4. The van der Waals surface area contributed by atoms with Gasteiger partial charge in [0.1, 0.15) is 5.75 Å². The molecular weight excluding hydrogens is 360 g/mol. The molecule has 1 saturated heterocycles. The van der Waals surface area contributed by atoms with E-state index in [1.807, 2.05) is 13.8 Å². The lowest BCUT2D eigenvalue weighted by Crippen LogP contribution is -2.26. The molecule has 0 saturated carbocycles.